The summed E-state index contributed by atoms with van der Waals surface area (Å²) >= 11 is 0. The summed E-state index contributed by atoms with van der Waals surface area (Å²) < 4.78 is 0. The first-order chi connectivity index (χ1) is 36.2. The second kappa shape index (κ2) is 64.6. The summed E-state index contributed by atoms with van der Waals surface area (Å²) in [4.78, 5) is 12.5. The molecule has 0 heterocycles. The van der Waals surface area contributed by atoms with Crippen molar-refractivity contribution in [3.63, 3.8) is 0 Å². The van der Waals surface area contributed by atoms with E-state index in [0.29, 0.717) is 6.42 Å². The molecule has 0 aromatic carbocycles. The van der Waals surface area contributed by atoms with Crippen LogP contribution in [-0.4, -0.2) is 34.9 Å². The summed E-state index contributed by atoms with van der Waals surface area (Å²) in [6.45, 7) is 4.34. The van der Waals surface area contributed by atoms with Crippen molar-refractivity contribution < 1.29 is 15.0 Å². The number of nitrogens with one attached hydrogen (secondary N) is 1. The minimum atomic E-state index is -0.864. The number of allylic oxidation sites excluding steroid dienone is 7. The third-order valence-electron chi connectivity index (χ3n) is 15.5. The van der Waals surface area contributed by atoms with E-state index in [9.17, 15) is 15.0 Å². The van der Waals surface area contributed by atoms with Gasteiger partial charge in [0.25, 0.3) is 0 Å². The molecule has 0 fully saturated rings. The lowest BCUT2D eigenvalue weighted by atomic mass is 10.0. The second-order valence-electron chi connectivity index (χ2n) is 22.9. The van der Waals surface area contributed by atoms with Gasteiger partial charge in [-0.2, -0.15) is 0 Å². The van der Waals surface area contributed by atoms with Gasteiger partial charge in [0.15, 0.2) is 0 Å². The Labute approximate surface area is 458 Å². The molecule has 73 heavy (non-hydrogen) atoms. The van der Waals surface area contributed by atoms with Crippen molar-refractivity contribution in [3.8, 4) is 0 Å². The molecule has 2 atom stereocenters. The van der Waals surface area contributed by atoms with E-state index in [1.807, 2.05) is 6.08 Å². The molecule has 430 valence electrons. The van der Waals surface area contributed by atoms with Crippen molar-refractivity contribution in [1.82, 2.24) is 5.32 Å². The first-order valence-electron chi connectivity index (χ1n) is 33.4. The third-order valence-corrected chi connectivity index (χ3v) is 15.5. The average molecular weight is 1020 g/mol. The molecule has 0 bridgehead atoms. The van der Waals surface area contributed by atoms with Crippen LogP contribution in [0.15, 0.2) is 48.6 Å². The lowest BCUT2D eigenvalue weighted by molar-refractivity contribution is -0.123. The number of hydrogen-bond donors (Lipinski definition) is 3. The first-order valence-corrected chi connectivity index (χ1v) is 33.4. The summed E-state index contributed by atoms with van der Waals surface area (Å²) in [5.41, 5.74) is 0. The molecule has 0 aliphatic rings. The second-order valence-corrected chi connectivity index (χ2v) is 22.9. The third kappa shape index (κ3) is 61.1. The molecule has 0 spiro atoms. The van der Waals surface area contributed by atoms with E-state index in [4.69, 9.17) is 0 Å². The largest absolute Gasteiger partial charge is 0.394 e. The molecule has 0 saturated heterocycles. The number of rotatable bonds is 62. The van der Waals surface area contributed by atoms with E-state index >= 15 is 0 Å². The molecular formula is C69H131NO3. The predicted octanol–water partition coefficient (Wildman–Crippen LogP) is 22.5. The van der Waals surface area contributed by atoms with Gasteiger partial charge in [0, 0.05) is 6.42 Å². The van der Waals surface area contributed by atoms with E-state index in [0.717, 1.165) is 38.5 Å². The number of aliphatic hydroxyl groups excluding tert-OH is 2. The van der Waals surface area contributed by atoms with Gasteiger partial charge in [-0.25, -0.2) is 0 Å². The molecule has 0 rings (SSSR count). The Kier molecular flexibility index (Phi) is 63.2. The Morgan fingerprint density at radius 2 is 0.575 bits per heavy atom. The summed E-state index contributed by atoms with van der Waals surface area (Å²) in [6, 6.07) is -0.641. The van der Waals surface area contributed by atoms with Gasteiger partial charge in [-0.3, -0.25) is 4.79 Å². The van der Waals surface area contributed by atoms with Gasteiger partial charge >= 0.3 is 0 Å². The molecule has 0 aromatic rings. The molecule has 0 aliphatic carbocycles. The maximum absolute atomic E-state index is 12.5. The number of carbonyl (C=O) groups is 1. The van der Waals surface area contributed by atoms with Crippen LogP contribution in [0.5, 0.6) is 0 Å². The van der Waals surface area contributed by atoms with Gasteiger partial charge in [-0.05, 0) is 64.2 Å². The molecule has 4 nitrogen and oxygen atoms in total. The van der Waals surface area contributed by atoms with Gasteiger partial charge in [-0.1, -0.05) is 345 Å². The van der Waals surface area contributed by atoms with E-state index in [2.05, 4.69) is 55.6 Å². The van der Waals surface area contributed by atoms with Crippen molar-refractivity contribution in [2.24, 2.45) is 0 Å². The molecular weight excluding hydrogens is 891 g/mol. The van der Waals surface area contributed by atoms with Crippen LogP contribution >= 0.6 is 0 Å². The summed E-state index contributed by atoms with van der Waals surface area (Å²) in [7, 11) is 0. The van der Waals surface area contributed by atoms with E-state index in [1.54, 1.807) is 6.08 Å². The van der Waals surface area contributed by atoms with Gasteiger partial charge in [0.05, 0.1) is 18.8 Å². The van der Waals surface area contributed by atoms with Crippen LogP contribution in [0, 0.1) is 0 Å². The van der Waals surface area contributed by atoms with Gasteiger partial charge in [-0.15, -0.1) is 0 Å². The van der Waals surface area contributed by atoms with E-state index in [-0.39, 0.29) is 12.5 Å². The highest BCUT2D eigenvalue weighted by Crippen LogP contribution is 2.18. The maximum Gasteiger partial charge on any atom is 0.220 e. The number of carbonyl (C=O) groups excluding carboxylic acids is 1. The fraction of sp³-hybridized carbons (Fsp3) is 0.870. The highest BCUT2D eigenvalue weighted by Gasteiger charge is 2.18. The topological polar surface area (TPSA) is 69.6 Å². The number of hydrogen-bond acceptors (Lipinski definition) is 3. The predicted molar refractivity (Wildman–Crippen MR) is 327 cm³/mol. The van der Waals surface area contributed by atoms with Crippen LogP contribution in [0.1, 0.15) is 367 Å². The van der Waals surface area contributed by atoms with Crippen molar-refractivity contribution >= 4 is 5.91 Å². The fourth-order valence-corrected chi connectivity index (χ4v) is 10.5. The Morgan fingerprint density at radius 1 is 0.329 bits per heavy atom. The van der Waals surface area contributed by atoms with Gasteiger partial charge in [0.2, 0.25) is 5.91 Å². The number of amides is 1. The van der Waals surface area contributed by atoms with Crippen LogP contribution in [-0.2, 0) is 4.79 Å². The van der Waals surface area contributed by atoms with E-state index < -0.39 is 12.1 Å². The Bertz CT molecular complexity index is 1160. The maximum atomic E-state index is 12.5. The number of unbranched alkanes of at least 4 members (excludes halogenated alkanes) is 49. The number of aliphatic hydroxyl groups is 2. The Morgan fingerprint density at radius 3 is 0.877 bits per heavy atom. The summed E-state index contributed by atoms with van der Waals surface area (Å²) in [5.74, 6) is -0.0683. The SMILES string of the molecule is CCCCCCCCCCCCCCC/C=C\C/C=C\CCCCCCCCCCCCCCCCCCCC(=O)NC(CO)C(O)/C=C/CC/C=C/CCCCCCCCCCCCCCCCCCCC. The lowest BCUT2D eigenvalue weighted by Crippen LogP contribution is -2.45. The lowest BCUT2D eigenvalue weighted by Gasteiger charge is -2.19. The van der Waals surface area contributed by atoms with Crippen LogP contribution < -0.4 is 5.32 Å². The Balaban J connectivity index is 3.46. The average Bonchev–Trinajstić information content (AvgIpc) is 3.40. The molecule has 1 amide bonds. The Hall–Kier alpha value is -1.65. The smallest absolute Gasteiger partial charge is 0.220 e. The van der Waals surface area contributed by atoms with Crippen LogP contribution in [0.4, 0.5) is 0 Å². The monoisotopic (exact) mass is 1020 g/mol. The molecule has 0 aliphatic heterocycles. The van der Waals surface area contributed by atoms with E-state index in [1.165, 1.54) is 308 Å². The highest BCUT2D eigenvalue weighted by molar-refractivity contribution is 5.76. The quantitative estimate of drug-likeness (QED) is 0.0420. The standard InChI is InChI=1S/C69H131NO3/c1-3-5-7-9-11-13-15-17-19-21-23-25-27-29-30-31-32-33-34-35-36-37-38-39-40-41-43-45-47-49-51-53-55-57-59-61-63-65-69(73)70-67(66-71)68(72)64-62-60-58-56-54-52-50-48-46-44-42-28-26-24-22-20-18-16-14-12-10-8-6-4-2/h30-31,33-34,54,56,62,64,67-68,71-72H,3-29,32,35-53,55,57-61,63,65-66H2,1-2H3,(H,70,73)/b31-30-,34-33-,56-54+,64-62+. The molecule has 4 heteroatoms. The minimum Gasteiger partial charge on any atom is -0.394 e. The minimum absolute atomic E-state index is 0.0683. The normalized spacial score (nSPS) is 13.0. The molecule has 3 N–H and O–H groups in total. The fourth-order valence-electron chi connectivity index (χ4n) is 10.5. The van der Waals surface area contributed by atoms with Gasteiger partial charge in [0.1, 0.15) is 0 Å². The molecule has 0 radical (unpaired) electrons. The summed E-state index contributed by atoms with van der Waals surface area (Å²) in [5, 5.41) is 23.2. The highest BCUT2D eigenvalue weighted by atomic mass is 16.3. The van der Waals surface area contributed by atoms with Crippen molar-refractivity contribution in [1.29, 1.82) is 0 Å². The first kappa shape index (κ1) is 71.3. The summed E-state index contributed by atoms with van der Waals surface area (Å²) in [6.07, 6.45) is 90.5. The van der Waals surface area contributed by atoms with Crippen LogP contribution in [0.25, 0.3) is 0 Å². The molecule has 2 unspecified atom stereocenters. The zero-order valence-electron chi connectivity index (χ0n) is 49.7. The van der Waals surface area contributed by atoms with Crippen molar-refractivity contribution in [2.45, 2.75) is 379 Å². The zero-order valence-corrected chi connectivity index (χ0v) is 49.7. The van der Waals surface area contributed by atoms with Crippen molar-refractivity contribution in [3.05, 3.63) is 48.6 Å². The molecule has 0 saturated carbocycles. The molecule has 0 aromatic heterocycles. The van der Waals surface area contributed by atoms with Crippen LogP contribution in [0.3, 0.4) is 0 Å². The van der Waals surface area contributed by atoms with Crippen molar-refractivity contribution in [2.75, 3.05) is 6.61 Å². The zero-order chi connectivity index (χ0) is 52.7. The van der Waals surface area contributed by atoms with Gasteiger partial charge < -0.3 is 15.5 Å². The van der Waals surface area contributed by atoms with Crippen LogP contribution in [0.2, 0.25) is 0 Å².